The van der Waals surface area contributed by atoms with E-state index in [1.165, 1.54) is 32.1 Å². The van der Waals surface area contributed by atoms with Crippen LogP contribution in [0.3, 0.4) is 0 Å². The minimum atomic E-state index is -0.480. The zero-order valence-electron chi connectivity index (χ0n) is 12.7. The standard InChI is InChI=1S/C15H30N2O2/c1-12(2)17(11-13(3)18)15(19)16-10-9-14-7-5-4-6-8-14/h12-14,18H,4-11H2,1-3H3,(H,16,19). The predicted molar refractivity (Wildman–Crippen MR) is 78.1 cm³/mol. The van der Waals surface area contributed by atoms with Crippen molar-refractivity contribution in [2.45, 2.75) is 71.4 Å². The summed E-state index contributed by atoms with van der Waals surface area (Å²) in [6, 6.07) is 0.0657. The molecule has 1 unspecified atom stereocenters. The van der Waals surface area contributed by atoms with Crippen molar-refractivity contribution in [1.82, 2.24) is 10.2 Å². The minimum Gasteiger partial charge on any atom is -0.392 e. The molecule has 4 heteroatoms. The van der Waals surface area contributed by atoms with E-state index in [-0.39, 0.29) is 12.1 Å². The Labute approximate surface area is 117 Å². The van der Waals surface area contributed by atoms with Gasteiger partial charge in [-0.25, -0.2) is 4.79 Å². The Morgan fingerprint density at radius 3 is 2.42 bits per heavy atom. The highest BCUT2D eigenvalue weighted by atomic mass is 16.3. The van der Waals surface area contributed by atoms with E-state index >= 15 is 0 Å². The largest absolute Gasteiger partial charge is 0.392 e. The molecule has 112 valence electrons. The number of aliphatic hydroxyl groups is 1. The van der Waals surface area contributed by atoms with Crippen LogP contribution in [-0.4, -0.2) is 41.3 Å². The van der Waals surface area contributed by atoms with Crippen LogP contribution in [0.4, 0.5) is 4.79 Å². The SMILES string of the molecule is CC(O)CN(C(=O)NCCC1CCCCC1)C(C)C. The third kappa shape index (κ3) is 6.28. The molecule has 4 nitrogen and oxygen atoms in total. The summed E-state index contributed by atoms with van der Waals surface area (Å²) in [5, 5.41) is 12.4. The maximum atomic E-state index is 12.1. The van der Waals surface area contributed by atoms with Gasteiger partial charge in [0.2, 0.25) is 0 Å². The summed E-state index contributed by atoms with van der Waals surface area (Å²) >= 11 is 0. The van der Waals surface area contributed by atoms with E-state index in [1.807, 2.05) is 13.8 Å². The van der Waals surface area contributed by atoms with Gasteiger partial charge in [-0.1, -0.05) is 32.1 Å². The van der Waals surface area contributed by atoms with Crippen LogP contribution in [0.2, 0.25) is 0 Å². The van der Waals surface area contributed by atoms with Crippen LogP contribution < -0.4 is 5.32 Å². The van der Waals surface area contributed by atoms with E-state index in [9.17, 15) is 9.90 Å². The first kappa shape index (κ1) is 16.3. The minimum absolute atomic E-state index is 0.0493. The van der Waals surface area contributed by atoms with Crippen molar-refractivity contribution in [1.29, 1.82) is 0 Å². The highest BCUT2D eigenvalue weighted by Crippen LogP contribution is 2.25. The van der Waals surface area contributed by atoms with Crippen LogP contribution in [0, 0.1) is 5.92 Å². The maximum absolute atomic E-state index is 12.1. The lowest BCUT2D eigenvalue weighted by Gasteiger charge is -2.28. The second-order valence-corrected chi connectivity index (χ2v) is 6.12. The summed E-state index contributed by atoms with van der Waals surface area (Å²) in [5.41, 5.74) is 0. The van der Waals surface area contributed by atoms with Gasteiger partial charge in [-0.2, -0.15) is 0 Å². The van der Waals surface area contributed by atoms with Crippen molar-refractivity contribution >= 4 is 6.03 Å². The first-order valence-corrected chi connectivity index (χ1v) is 7.73. The summed E-state index contributed by atoms with van der Waals surface area (Å²) in [6.07, 6.45) is 7.31. The van der Waals surface area contributed by atoms with Crippen molar-refractivity contribution in [3.63, 3.8) is 0 Å². The predicted octanol–water partition coefficient (Wildman–Crippen LogP) is 2.76. The zero-order chi connectivity index (χ0) is 14.3. The molecule has 1 aliphatic carbocycles. The lowest BCUT2D eigenvalue weighted by Crippen LogP contribution is -2.47. The van der Waals surface area contributed by atoms with Crippen LogP contribution in [0.15, 0.2) is 0 Å². The molecule has 2 amide bonds. The number of aliphatic hydroxyl groups excluding tert-OH is 1. The van der Waals surface area contributed by atoms with Crippen molar-refractivity contribution in [2.75, 3.05) is 13.1 Å². The fourth-order valence-electron chi connectivity index (χ4n) is 2.77. The van der Waals surface area contributed by atoms with E-state index in [2.05, 4.69) is 5.32 Å². The van der Waals surface area contributed by atoms with E-state index in [1.54, 1.807) is 11.8 Å². The Bertz CT molecular complexity index is 261. The summed E-state index contributed by atoms with van der Waals surface area (Å²) in [6.45, 7) is 6.82. The monoisotopic (exact) mass is 270 g/mol. The van der Waals surface area contributed by atoms with Gasteiger partial charge in [0.15, 0.2) is 0 Å². The fourth-order valence-corrected chi connectivity index (χ4v) is 2.77. The van der Waals surface area contributed by atoms with Crippen molar-refractivity contribution in [2.24, 2.45) is 5.92 Å². The van der Waals surface area contributed by atoms with Gasteiger partial charge in [0.05, 0.1) is 6.10 Å². The molecule has 0 aliphatic heterocycles. The third-order valence-electron chi connectivity index (χ3n) is 3.90. The molecule has 19 heavy (non-hydrogen) atoms. The highest BCUT2D eigenvalue weighted by Gasteiger charge is 2.19. The molecule has 0 radical (unpaired) electrons. The molecule has 1 aliphatic rings. The van der Waals surface area contributed by atoms with E-state index in [0.29, 0.717) is 6.54 Å². The molecule has 1 rings (SSSR count). The third-order valence-corrected chi connectivity index (χ3v) is 3.90. The summed E-state index contributed by atoms with van der Waals surface area (Å²) in [7, 11) is 0. The number of nitrogens with zero attached hydrogens (tertiary/aromatic N) is 1. The molecule has 0 aromatic rings. The number of nitrogens with one attached hydrogen (secondary N) is 1. The number of amides is 2. The van der Waals surface area contributed by atoms with Crippen LogP contribution >= 0.6 is 0 Å². The van der Waals surface area contributed by atoms with Crippen molar-refractivity contribution in [3.05, 3.63) is 0 Å². The normalized spacial score (nSPS) is 18.4. The second kappa shape index (κ2) is 8.41. The molecular weight excluding hydrogens is 240 g/mol. The van der Waals surface area contributed by atoms with Gasteiger partial charge in [0, 0.05) is 19.1 Å². The number of carbonyl (C=O) groups excluding carboxylic acids is 1. The smallest absolute Gasteiger partial charge is 0.317 e. The van der Waals surface area contributed by atoms with Crippen molar-refractivity contribution in [3.8, 4) is 0 Å². The number of urea groups is 1. The van der Waals surface area contributed by atoms with E-state index in [0.717, 1.165) is 18.9 Å². The lowest BCUT2D eigenvalue weighted by molar-refractivity contribution is 0.118. The summed E-state index contributed by atoms with van der Waals surface area (Å²) in [5.74, 6) is 0.790. The number of rotatable bonds is 6. The Morgan fingerprint density at radius 1 is 1.26 bits per heavy atom. The number of hydrogen-bond acceptors (Lipinski definition) is 2. The van der Waals surface area contributed by atoms with Crippen LogP contribution in [0.1, 0.15) is 59.3 Å². The van der Waals surface area contributed by atoms with E-state index in [4.69, 9.17) is 0 Å². The maximum Gasteiger partial charge on any atom is 0.317 e. The molecular formula is C15H30N2O2. The highest BCUT2D eigenvalue weighted by molar-refractivity contribution is 5.74. The molecule has 0 heterocycles. The summed E-state index contributed by atoms with van der Waals surface area (Å²) in [4.78, 5) is 13.8. The Hall–Kier alpha value is -0.770. The van der Waals surface area contributed by atoms with Gasteiger partial charge in [0.25, 0.3) is 0 Å². The molecule has 0 bridgehead atoms. The quantitative estimate of drug-likeness (QED) is 0.779. The second-order valence-electron chi connectivity index (χ2n) is 6.12. The zero-order valence-corrected chi connectivity index (χ0v) is 12.7. The molecule has 1 atom stereocenters. The summed E-state index contributed by atoms with van der Waals surface area (Å²) < 4.78 is 0. The number of carbonyl (C=O) groups is 1. The fraction of sp³-hybridized carbons (Fsp3) is 0.933. The molecule has 2 N–H and O–H groups in total. The Balaban J connectivity index is 2.27. The first-order valence-electron chi connectivity index (χ1n) is 7.73. The Kier molecular flexibility index (Phi) is 7.21. The molecule has 0 saturated heterocycles. The van der Waals surface area contributed by atoms with Crippen LogP contribution in [-0.2, 0) is 0 Å². The topological polar surface area (TPSA) is 52.6 Å². The van der Waals surface area contributed by atoms with Gasteiger partial charge in [0.1, 0.15) is 0 Å². The van der Waals surface area contributed by atoms with Crippen molar-refractivity contribution < 1.29 is 9.90 Å². The van der Waals surface area contributed by atoms with Crippen LogP contribution in [0.5, 0.6) is 0 Å². The van der Waals surface area contributed by atoms with Gasteiger partial charge < -0.3 is 15.3 Å². The van der Waals surface area contributed by atoms with Gasteiger partial charge in [-0.3, -0.25) is 0 Å². The molecule has 1 fully saturated rings. The average molecular weight is 270 g/mol. The Morgan fingerprint density at radius 2 is 1.89 bits per heavy atom. The average Bonchev–Trinajstić information content (AvgIpc) is 2.36. The number of hydrogen-bond donors (Lipinski definition) is 2. The van der Waals surface area contributed by atoms with Gasteiger partial charge in [-0.15, -0.1) is 0 Å². The first-order chi connectivity index (χ1) is 9.00. The molecule has 0 spiro atoms. The van der Waals surface area contributed by atoms with Crippen LogP contribution in [0.25, 0.3) is 0 Å². The van der Waals surface area contributed by atoms with Gasteiger partial charge >= 0.3 is 6.03 Å². The molecule has 0 aromatic carbocycles. The molecule has 1 saturated carbocycles. The molecule has 0 aromatic heterocycles. The van der Waals surface area contributed by atoms with Gasteiger partial charge in [-0.05, 0) is 33.1 Å². The van der Waals surface area contributed by atoms with E-state index < -0.39 is 6.10 Å². The lowest BCUT2D eigenvalue weighted by atomic mass is 9.87.